The first-order chi connectivity index (χ1) is 9.15. The van der Waals surface area contributed by atoms with Crippen LogP contribution in [0.2, 0.25) is 5.02 Å². The molecule has 0 saturated carbocycles. The fourth-order valence-electron chi connectivity index (χ4n) is 2.58. The molecule has 0 aliphatic rings. The predicted octanol–water partition coefficient (Wildman–Crippen LogP) is 5.54. The van der Waals surface area contributed by atoms with Crippen molar-refractivity contribution in [3.05, 3.63) is 40.4 Å². The lowest BCUT2D eigenvalue weighted by atomic mass is 10.0. The summed E-state index contributed by atoms with van der Waals surface area (Å²) in [5.74, 6) is 0.318. The number of halogens is 1. The van der Waals surface area contributed by atoms with Gasteiger partial charge in [-0.1, -0.05) is 25.4 Å². The van der Waals surface area contributed by atoms with Crippen LogP contribution in [0.25, 0.3) is 20.2 Å². The third kappa shape index (κ3) is 1.90. The van der Waals surface area contributed by atoms with Crippen molar-refractivity contribution in [3.8, 4) is 5.75 Å². The lowest BCUT2D eigenvalue weighted by molar-refractivity contribution is 0.476. The lowest BCUT2D eigenvalue weighted by Crippen LogP contribution is -1.89. The predicted molar refractivity (Wildman–Crippen MR) is 84.8 cm³/mol. The zero-order chi connectivity index (χ0) is 13.6. The highest BCUT2D eigenvalue weighted by Gasteiger charge is 2.14. The van der Waals surface area contributed by atoms with Crippen LogP contribution in [0.3, 0.4) is 0 Å². The highest BCUT2D eigenvalue weighted by molar-refractivity contribution is 7.26. The zero-order valence-corrected chi connectivity index (χ0v) is 12.5. The molecule has 0 aliphatic carbocycles. The molecule has 0 amide bonds. The van der Waals surface area contributed by atoms with Crippen LogP contribution in [-0.4, -0.2) is 5.11 Å². The Morgan fingerprint density at radius 2 is 1.89 bits per heavy atom. The van der Waals surface area contributed by atoms with Gasteiger partial charge in [-0.2, -0.15) is 0 Å². The highest BCUT2D eigenvalue weighted by Crippen LogP contribution is 2.41. The molecule has 3 aromatic rings. The van der Waals surface area contributed by atoms with Gasteiger partial charge in [-0.05, 0) is 48.2 Å². The molecule has 98 valence electrons. The van der Waals surface area contributed by atoms with Gasteiger partial charge < -0.3 is 5.11 Å². The number of hydrogen-bond donors (Lipinski definition) is 1. The molecular weight excluding hydrogens is 276 g/mol. The van der Waals surface area contributed by atoms with E-state index < -0.39 is 0 Å². The molecule has 0 saturated heterocycles. The molecule has 3 heteroatoms. The number of hydrogen-bond acceptors (Lipinski definition) is 2. The first-order valence-electron chi connectivity index (χ1n) is 6.51. The van der Waals surface area contributed by atoms with Gasteiger partial charge in [-0.3, -0.25) is 0 Å². The maximum Gasteiger partial charge on any atom is 0.117 e. The molecule has 0 aliphatic heterocycles. The molecular formula is C16H15ClOS. The highest BCUT2D eigenvalue weighted by atomic mass is 35.5. The molecule has 0 bridgehead atoms. The Hall–Kier alpha value is -1.25. The van der Waals surface area contributed by atoms with Crippen LogP contribution >= 0.6 is 22.9 Å². The van der Waals surface area contributed by atoms with Gasteiger partial charge in [-0.25, -0.2) is 0 Å². The summed E-state index contributed by atoms with van der Waals surface area (Å²) >= 11 is 8.22. The second kappa shape index (κ2) is 4.69. The van der Waals surface area contributed by atoms with Crippen molar-refractivity contribution in [3.63, 3.8) is 0 Å². The van der Waals surface area contributed by atoms with E-state index in [1.165, 1.54) is 26.6 Å². The summed E-state index contributed by atoms with van der Waals surface area (Å²) in [6, 6.07) is 7.78. The monoisotopic (exact) mass is 290 g/mol. The molecule has 1 aromatic heterocycles. The summed E-state index contributed by atoms with van der Waals surface area (Å²) < 4.78 is 2.37. The number of aromatic hydroxyl groups is 1. The van der Waals surface area contributed by atoms with E-state index >= 15 is 0 Å². The smallest absolute Gasteiger partial charge is 0.117 e. The summed E-state index contributed by atoms with van der Waals surface area (Å²) in [5, 5.41) is 13.0. The van der Waals surface area contributed by atoms with Crippen LogP contribution in [0.5, 0.6) is 5.75 Å². The molecule has 0 radical (unpaired) electrons. The summed E-state index contributed by atoms with van der Waals surface area (Å²) in [4.78, 5) is 0. The normalized spacial score (nSPS) is 11.5. The van der Waals surface area contributed by atoms with Gasteiger partial charge >= 0.3 is 0 Å². The number of phenols is 1. The van der Waals surface area contributed by atoms with Gasteiger partial charge in [0.1, 0.15) is 5.75 Å². The topological polar surface area (TPSA) is 20.2 Å². The van der Waals surface area contributed by atoms with Gasteiger partial charge in [0, 0.05) is 25.2 Å². The number of aryl methyl sites for hydroxylation is 2. The Bertz CT molecular complexity index is 773. The standard InChI is InChI=1S/C16H15ClOS/c1-3-9-7-13-12-6-5-10(18)8-14(12)19-16(13)11(4-2)15(9)17/h5-8,18H,3-4H2,1-2H3. The average Bonchev–Trinajstić information content (AvgIpc) is 2.74. The van der Waals surface area contributed by atoms with Crippen molar-refractivity contribution in [1.29, 1.82) is 0 Å². The van der Waals surface area contributed by atoms with Crippen molar-refractivity contribution in [2.75, 3.05) is 0 Å². The van der Waals surface area contributed by atoms with E-state index in [0.29, 0.717) is 5.75 Å². The average molecular weight is 291 g/mol. The molecule has 3 rings (SSSR count). The third-order valence-corrected chi connectivity index (χ3v) is 5.28. The fourth-order valence-corrected chi connectivity index (χ4v) is 4.39. The van der Waals surface area contributed by atoms with E-state index in [9.17, 15) is 5.11 Å². The molecule has 0 unspecified atom stereocenters. The number of benzene rings is 2. The van der Waals surface area contributed by atoms with Crippen molar-refractivity contribution < 1.29 is 5.11 Å². The van der Waals surface area contributed by atoms with Crippen LogP contribution in [0.4, 0.5) is 0 Å². The van der Waals surface area contributed by atoms with Crippen LogP contribution in [0.15, 0.2) is 24.3 Å². The van der Waals surface area contributed by atoms with Crippen LogP contribution in [0, 0.1) is 0 Å². The largest absolute Gasteiger partial charge is 0.508 e. The summed E-state index contributed by atoms with van der Waals surface area (Å²) in [6.07, 6.45) is 1.87. The van der Waals surface area contributed by atoms with E-state index in [1.54, 1.807) is 17.4 Å². The Morgan fingerprint density at radius 1 is 1.11 bits per heavy atom. The fraction of sp³-hybridized carbons (Fsp3) is 0.250. The first-order valence-corrected chi connectivity index (χ1v) is 7.70. The van der Waals surface area contributed by atoms with Crippen molar-refractivity contribution in [2.45, 2.75) is 26.7 Å². The number of thiophene rings is 1. The lowest BCUT2D eigenvalue weighted by Gasteiger charge is -2.08. The Morgan fingerprint density at radius 3 is 2.58 bits per heavy atom. The second-order valence-electron chi connectivity index (χ2n) is 4.69. The SMILES string of the molecule is CCc1cc2c(sc3cc(O)ccc32)c(CC)c1Cl. The van der Waals surface area contributed by atoms with Crippen LogP contribution in [-0.2, 0) is 12.8 Å². The van der Waals surface area contributed by atoms with Crippen molar-refractivity contribution >= 4 is 43.1 Å². The maximum absolute atomic E-state index is 9.62. The van der Waals surface area contributed by atoms with Gasteiger partial charge in [0.2, 0.25) is 0 Å². The molecule has 0 atom stereocenters. The van der Waals surface area contributed by atoms with Gasteiger partial charge in [0.05, 0.1) is 0 Å². The van der Waals surface area contributed by atoms with E-state index in [4.69, 9.17) is 11.6 Å². The van der Waals surface area contributed by atoms with Gasteiger partial charge in [-0.15, -0.1) is 11.3 Å². The number of fused-ring (bicyclic) bond motifs is 3. The van der Waals surface area contributed by atoms with Gasteiger partial charge in [0.15, 0.2) is 0 Å². The van der Waals surface area contributed by atoms with Crippen LogP contribution < -0.4 is 0 Å². The van der Waals surface area contributed by atoms with E-state index in [-0.39, 0.29) is 0 Å². The number of rotatable bonds is 2. The van der Waals surface area contributed by atoms with E-state index in [2.05, 4.69) is 19.9 Å². The van der Waals surface area contributed by atoms with Crippen molar-refractivity contribution in [1.82, 2.24) is 0 Å². The molecule has 0 fully saturated rings. The van der Waals surface area contributed by atoms with E-state index in [1.807, 2.05) is 12.1 Å². The third-order valence-electron chi connectivity index (χ3n) is 3.59. The zero-order valence-electron chi connectivity index (χ0n) is 11.0. The summed E-state index contributed by atoms with van der Waals surface area (Å²) in [6.45, 7) is 4.27. The summed E-state index contributed by atoms with van der Waals surface area (Å²) in [5.41, 5.74) is 2.44. The van der Waals surface area contributed by atoms with Crippen molar-refractivity contribution in [2.24, 2.45) is 0 Å². The van der Waals surface area contributed by atoms with E-state index in [0.717, 1.165) is 22.6 Å². The first kappa shape index (κ1) is 12.8. The molecule has 1 N–H and O–H groups in total. The Balaban J connectivity index is 2.49. The summed E-state index contributed by atoms with van der Waals surface area (Å²) in [7, 11) is 0. The van der Waals surface area contributed by atoms with Crippen LogP contribution in [0.1, 0.15) is 25.0 Å². The molecule has 1 heterocycles. The molecule has 2 aromatic carbocycles. The minimum atomic E-state index is 0.318. The minimum absolute atomic E-state index is 0.318. The quantitative estimate of drug-likeness (QED) is 0.657. The molecule has 0 spiro atoms. The second-order valence-corrected chi connectivity index (χ2v) is 6.12. The molecule has 1 nitrogen and oxygen atoms in total. The Kier molecular flexibility index (Phi) is 3.15. The van der Waals surface area contributed by atoms with Gasteiger partial charge in [0.25, 0.3) is 0 Å². The minimum Gasteiger partial charge on any atom is -0.508 e. The number of phenolic OH excluding ortho intramolecular Hbond substituents is 1. The molecule has 19 heavy (non-hydrogen) atoms. The Labute approximate surface area is 121 Å². The maximum atomic E-state index is 9.62.